The van der Waals surface area contributed by atoms with Crippen LogP contribution in [0.3, 0.4) is 0 Å². The van der Waals surface area contributed by atoms with Crippen molar-refractivity contribution in [1.29, 1.82) is 0 Å². The fraction of sp³-hybridized carbons (Fsp3) is 0.217. The number of sulfonamides is 1. The number of carbonyl (C=O) groups excluding carboxylic acids is 1. The van der Waals surface area contributed by atoms with E-state index in [0.717, 1.165) is 16.7 Å². The molecule has 0 spiro atoms. The molecule has 0 aliphatic carbocycles. The Bertz CT molecular complexity index is 1180. The van der Waals surface area contributed by atoms with Crippen molar-refractivity contribution in [3.63, 3.8) is 0 Å². The average molecular weight is 440 g/mol. The number of nitrogens with one attached hydrogen (secondary N) is 2. The van der Waals surface area contributed by atoms with Crippen LogP contribution in [0.4, 0.5) is 11.4 Å². The Kier molecular flexibility index (Phi) is 6.60. The number of amides is 1. The zero-order chi connectivity index (χ0) is 22.6. The number of aromatic nitrogens is 1. The van der Waals surface area contributed by atoms with E-state index in [4.69, 9.17) is 4.74 Å². The van der Waals surface area contributed by atoms with Crippen molar-refractivity contribution < 1.29 is 17.9 Å². The topological polar surface area (TPSA) is 97.4 Å². The van der Waals surface area contributed by atoms with Gasteiger partial charge in [0.25, 0.3) is 15.9 Å². The number of carbonyl (C=O) groups is 1. The third kappa shape index (κ3) is 5.61. The summed E-state index contributed by atoms with van der Waals surface area (Å²) in [5, 5.41) is 2.75. The van der Waals surface area contributed by atoms with Gasteiger partial charge in [0, 0.05) is 11.9 Å². The lowest BCUT2D eigenvalue weighted by Gasteiger charge is -2.18. The minimum Gasteiger partial charge on any atom is -0.481 e. The van der Waals surface area contributed by atoms with E-state index in [0.29, 0.717) is 17.1 Å². The Balaban J connectivity index is 1.66. The summed E-state index contributed by atoms with van der Waals surface area (Å²) in [4.78, 5) is 16.5. The fourth-order valence-electron chi connectivity index (χ4n) is 2.97. The molecule has 3 rings (SSSR count). The first-order chi connectivity index (χ1) is 14.7. The summed E-state index contributed by atoms with van der Waals surface area (Å²) in [6.45, 7) is 7.60. The smallest absolute Gasteiger partial charge is 0.265 e. The van der Waals surface area contributed by atoms with Crippen molar-refractivity contribution in [3.8, 4) is 5.75 Å². The molecule has 1 atom stereocenters. The molecule has 1 heterocycles. The van der Waals surface area contributed by atoms with Crippen molar-refractivity contribution in [2.24, 2.45) is 0 Å². The van der Waals surface area contributed by atoms with E-state index in [1.807, 2.05) is 26.8 Å². The van der Waals surface area contributed by atoms with Crippen molar-refractivity contribution in [2.45, 2.75) is 38.7 Å². The molecule has 0 saturated carbocycles. The molecule has 0 bridgehead atoms. The second-order valence-corrected chi connectivity index (χ2v) is 9.01. The van der Waals surface area contributed by atoms with Crippen molar-refractivity contribution in [2.75, 3.05) is 10.0 Å². The van der Waals surface area contributed by atoms with Crippen LogP contribution in [0, 0.1) is 20.8 Å². The zero-order valence-electron chi connectivity index (χ0n) is 17.8. The molecule has 0 fully saturated rings. The maximum absolute atomic E-state index is 12.5. The standard InChI is InChI=1S/C23H25N3O4S/c1-15-12-16(2)17(3)22(13-15)30-18(4)23(27)25-19-7-9-21(10-8-19)31(28,29)26-20-6-5-11-24-14-20/h5-14,18,26H,1-4H3,(H,25,27)/t18-/m1/s1. The molecule has 3 aromatic rings. The Hall–Kier alpha value is -3.39. The summed E-state index contributed by atoms with van der Waals surface area (Å²) >= 11 is 0. The molecule has 0 unspecified atom stereocenters. The predicted octanol–water partition coefficient (Wildman–Crippen LogP) is 4.21. The highest BCUT2D eigenvalue weighted by molar-refractivity contribution is 7.92. The van der Waals surface area contributed by atoms with Crippen LogP contribution in [-0.4, -0.2) is 25.4 Å². The first kappa shape index (κ1) is 22.3. The summed E-state index contributed by atoms with van der Waals surface area (Å²) in [6.07, 6.45) is 2.25. The maximum atomic E-state index is 12.5. The monoisotopic (exact) mass is 439 g/mol. The Labute approximate surface area is 182 Å². The van der Waals surface area contributed by atoms with Gasteiger partial charge >= 0.3 is 0 Å². The lowest BCUT2D eigenvalue weighted by Crippen LogP contribution is -2.30. The minimum absolute atomic E-state index is 0.0736. The van der Waals surface area contributed by atoms with Crippen LogP contribution in [0.25, 0.3) is 0 Å². The fourth-order valence-corrected chi connectivity index (χ4v) is 4.01. The van der Waals surface area contributed by atoms with Gasteiger partial charge in [-0.3, -0.25) is 14.5 Å². The van der Waals surface area contributed by atoms with Gasteiger partial charge < -0.3 is 10.1 Å². The molecular formula is C23H25N3O4S. The third-order valence-corrected chi connectivity index (χ3v) is 6.18. The lowest BCUT2D eigenvalue weighted by atomic mass is 10.1. The molecule has 162 valence electrons. The summed E-state index contributed by atoms with van der Waals surface area (Å²) in [5.74, 6) is 0.339. The Morgan fingerprint density at radius 1 is 1.03 bits per heavy atom. The summed E-state index contributed by atoms with van der Waals surface area (Å²) < 4.78 is 33.3. The number of rotatable bonds is 7. The summed E-state index contributed by atoms with van der Waals surface area (Å²) in [7, 11) is -3.76. The SMILES string of the molecule is Cc1cc(C)c(C)c(O[C@H](C)C(=O)Nc2ccc(S(=O)(=O)Nc3cccnc3)cc2)c1. The number of hydrogen-bond donors (Lipinski definition) is 2. The van der Waals surface area contributed by atoms with Gasteiger partial charge in [0.05, 0.1) is 16.8 Å². The van der Waals surface area contributed by atoms with Crippen LogP contribution < -0.4 is 14.8 Å². The molecule has 8 heteroatoms. The molecule has 0 aliphatic rings. The van der Waals surface area contributed by atoms with E-state index in [2.05, 4.69) is 21.1 Å². The highest BCUT2D eigenvalue weighted by Crippen LogP contribution is 2.25. The largest absolute Gasteiger partial charge is 0.481 e. The molecule has 31 heavy (non-hydrogen) atoms. The van der Waals surface area contributed by atoms with Gasteiger partial charge in [-0.1, -0.05) is 6.07 Å². The third-order valence-electron chi connectivity index (χ3n) is 4.78. The molecule has 0 saturated heterocycles. The van der Waals surface area contributed by atoms with E-state index in [1.165, 1.54) is 30.5 Å². The number of pyridine rings is 1. The predicted molar refractivity (Wildman–Crippen MR) is 121 cm³/mol. The molecule has 0 aliphatic heterocycles. The number of hydrogen-bond acceptors (Lipinski definition) is 5. The number of nitrogens with zero attached hydrogens (tertiary/aromatic N) is 1. The maximum Gasteiger partial charge on any atom is 0.265 e. The van der Waals surface area contributed by atoms with E-state index in [-0.39, 0.29) is 10.8 Å². The number of anilines is 2. The number of benzene rings is 2. The number of aryl methyl sites for hydroxylation is 2. The minimum atomic E-state index is -3.76. The lowest BCUT2D eigenvalue weighted by molar-refractivity contribution is -0.122. The molecule has 2 N–H and O–H groups in total. The molecule has 7 nitrogen and oxygen atoms in total. The van der Waals surface area contributed by atoms with E-state index in [9.17, 15) is 13.2 Å². The van der Waals surface area contributed by atoms with Gasteiger partial charge in [0.15, 0.2) is 6.10 Å². The van der Waals surface area contributed by atoms with Crippen LogP contribution in [0.1, 0.15) is 23.6 Å². The number of ether oxygens (including phenoxy) is 1. The van der Waals surface area contributed by atoms with Gasteiger partial charge in [0.1, 0.15) is 5.75 Å². The second-order valence-electron chi connectivity index (χ2n) is 7.33. The zero-order valence-corrected chi connectivity index (χ0v) is 18.7. The van der Waals surface area contributed by atoms with E-state index in [1.54, 1.807) is 25.3 Å². The Morgan fingerprint density at radius 2 is 1.74 bits per heavy atom. The highest BCUT2D eigenvalue weighted by atomic mass is 32.2. The van der Waals surface area contributed by atoms with Crippen LogP contribution in [-0.2, 0) is 14.8 Å². The van der Waals surface area contributed by atoms with Crippen LogP contribution in [0.2, 0.25) is 0 Å². The van der Waals surface area contributed by atoms with Crippen LogP contribution in [0.5, 0.6) is 5.75 Å². The summed E-state index contributed by atoms with van der Waals surface area (Å²) in [5.41, 5.74) is 3.98. The van der Waals surface area contributed by atoms with Gasteiger partial charge in [-0.2, -0.15) is 0 Å². The first-order valence-corrected chi connectivity index (χ1v) is 11.2. The second kappa shape index (κ2) is 9.18. The van der Waals surface area contributed by atoms with E-state index >= 15 is 0 Å². The van der Waals surface area contributed by atoms with Gasteiger partial charge in [-0.25, -0.2) is 8.42 Å². The quantitative estimate of drug-likeness (QED) is 0.575. The molecule has 0 radical (unpaired) electrons. The highest BCUT2D eigenvalue weighted by Gasteiger charge is 2.18. The van der Waals surface area contributed by atoms with E-state index < -0.39 is 16.1 Å². The molecular weight excluding hydrogens is 414 g/mol. The van der Waals surface area contributed by atoms with Crippen molar-refractivity contribution >= 4 is 27.3 Å². The van der Waals surface area contributed by atoms with Gasteiger partial charge in [-0.05, 0) is 86.8 Å². The molecule has 1 aromatic heterocycles. The normalized spacial score (nSPS) is 12.1. The van der Waals surface area contributed by atoms with Crippen molar-refractivity contribution in [3.05, 3.63) is 77.6 Å². The molecule has 1 amide bonds. The average Bonchev–Trinajstić information content (AvgIpc) is 2.72. The Morgan fingerprint density at radius 3 is 2.39 bits per heavy atom. The van der Waals surface area contributed by atoms with Crippen molar-refractivity contribution in [1.82, 2.24) is 4.98 Å². The van der Waals surface area contributed by atoms with Crippen LogP contribution >= 0.6 is 0 Å². The summed E-state index contributed by atoms with van der Waals surface area (Å²) in [6, 6.07) is 13.1. The van der Waals surface area contributed by atoms with Crippen LogP contribution in [0.15, 0.2) is 65.8 Å². The molecule has 2 aromatic carbocycles. The first-order valence-electron chi connectivity index (χ1n) is 9.74. The van der Waals surface area contributed by atoms with Gasteiger partial charge in [-0.15, -0.1) is 0 Å². The van der Waals surface area contributed by atoms with Gasteiger partial charge in [0.2, 0.25) is 0 Å².